The number of amides is 1. The largest absolute Gasteiger partial charge is 0.497 e. The normalized spacial score (nSPS) is 13.7. The second-order valence-electron chi connectivity index (χ2n) is 9.00. The molecule has 0 aliphatic heterocycles. The summed E-state index contributed by atoms with van der Waals surface area (Å²) in [5.41, 5.74) is 3.20. The van der Waals surface area contributed by atoms with Gasteiger partial charge in [-0.2, -0.15) is 5.10 Å². The van der Waals surface area contributed by atoms with E-state index in [9.17, 15) is 18.4 Å². The Kier molecular flexibility index (Phi) is 7.58. The molecule has 0 spiro atoms. The third-order valence-electron chi connectivity index (χ3n) is 6.49. The van der Waals surface area contributed by atoms with E-state index in [0.717, 1.165) is 37.4 Å². The van der Waals surface area contributed by atoms with Crippen LogP contribution in [0.4, 0.5) is 14.5 Å². The molecule has 0 saturated heterocycles. The third-order valence-corrected chi connectivity index (χ3v) is 6.49. The Morgan fingerprint density at radius 2 is 1.77 bits per heavy atom. The van der Waals surface area contributed by atoms with Crippen LogP contribution < -0.4 is 9.64 Å². The average Bonchev–Trinajstić information content (AvgIpc) is 3.25. The Bertz CT molecular complexity index is 1190. The number of hydrogen-bond donors (Lipinski definition) is 0. The van der Waals surface area contributed by atoms with Gasteiger partial charge in [-0.25, -0.2) is 8.78 Å². The lowest BCUT2D eigenvalue weighted by Gasteiger charge is -2.24. The maximum atomic E-state index is 13.8. The summed E-state index contributed by atoms with van der Waals surface area (Å²) in [6.45, 7) is 0.0723. The number of carbonyl (C=O) groups excluding carboxylic acids is 2. The van der Waals surface area contributed by atoms with E-state index in [1.165, 1.54) is 22.6 Å². The lowest BCUT2D eigenvalue weighted by atomic mass is 9.92. The van der Waals surface area contributed by atoms with Crippen molar-refractivity contribution in [2.45, 2.75) is 45.1 Å². The first-order valence-electron chi connectivity index (χ1n) is 11.8. The molecule has 1 atom stereocenters. The molecule has 1 aliphatic rings. The molecule has 0 radical (unpaired) electrons. The molecule has 184 valence electrons. The predicted octanol–water partition coefficient (Wildman–Crippen LogP) is 4.53. The lowest BCUT2D eigenvalue weighted by molar-refractivity contribution is -0.127. The van der Waals surface area contributed by atoms with Crippen molar-refractivity contribution in [3.8, 4) is 5.75 Å². The van der Waals surface area contributed by atoms with Crippen LogP contribution in [0.5, 0.6) is 5.75 Å². The van der Waals surface area contributed by atoms with Crippen LogP contribution in [0, 0.1) is 17.6 Å². The number of fused-ring (bicyclic) bond motifs is 1. The van der Waals surface area contributed by atoms with Gasteiger partial charge in [0, 0.05) is 36.8 Å². The summed E-state index contributed by atoms with van der Waals surface area (Å²) in [6, 6.07) is 10.1. The number of aryl methyl sites for hydroxylation is 1. The van der Waals surface area contributed by atoms with Gasteiger partial charge in [0.25, 0.3) is 0 Å². The van der Waals surface area contributed by atoms with E-state index in [-0.39, 0.29) is 31.1 Å². The summed E-state index contributed by atoms with van der Waals surface area (Å²) in [7, 11) is 3.18. The molecule has 1 amide bonds. The summed E-state index contributed by atoms with van der Waals surface area (Å²) < 4.78 is 34.5. The van der Waals surface area contributed by atoms with Gasteiger partial charge < -0.3 is 9.64 Å². The quantitative estimate of drug-likeness (QED) is 0.451. The molecule has 1 heterocycles. The molecule has 1 aliphatic carbocycles. The van der Waals surface area contributed by atoms with Crippen molar-refractivity contribution in [1.29, 1.82) is 0 Å². The Balaban J connectivity index is 1.54. The number of benzene rings is 2. The molecule has 2 aromatic carbocycles. The van der Waals surface area contributed by atoms with Gasteiger partial charge >= 0.3 is 0 Å². The van der Waals surface area contributed by atoms with Crippen LogP contribution in [0.1, 0.15) is 36.1 Å². The zero-order valence-electron chi connectivity index (χ0n) is 20.0. The minimum atomic E-state index is -0.790. The number of aromatic nitrogens is 2. The van der Waals surface area contributed by atoms with Gasteiger partial charge in [-0.15, -0.1) is 0 Å². The van der Waals surface area contributed by atoms with Gasteiger partial charge in [0.2, 0.25) is 5.91 Å². The van der Waals surface area contributed by atoms with Crippen molar-refractivity contribution < 1.29 is 23.1 Å². The zero-order chi connectivity index (χ0) is 24.9. The first-order valence-corrected chi connectivity index (χ1v) is 11.8. The standard InChI is InChI=1S/C27H29F2N3O3/c1-31(23-7-9-25(35-2)10-8-23)27(34)20(11-18-12-21(28)15-22(29)13-18)14-24(33)17-32-26-6-4-3-5-19(26)16-30-32/h7-10,12-13,15-16,20H,3-6,11,14,17H2,1-2H3. The summed E-state index contributed by atoms with van der Waals surface area (Å²) in [4.78, 5) is 28.0. The first-order chi connectivity index (χ1) is 16.8. The van der Waals surface area contributed by atoms with Gasteiger partial charge in [0.1, 0.15) is 17.4 Å². The van der Waals surface area contributed by atoms with E-state index in [0.29, 0.717) is 17.0 Å². The minimum Gasteiger partial charge on any atom is -0.497 e. The van der Waals surface area contributed by atoms with Crippen molar-refractivity contribution in [2.75, 3.05) is 19.1 Å². The van der Waals surface area contributed by atoms with Crippen LogP contribution in [-0.2, 0) is 35.4 Å². The number of ketones is 1. The highest BCUT2D eigenvalue weighted by atomic mass is 19.1. The Morgan fingerprint density at radius 1 is 1.09 bits per heavy atom. The van der Waals surface area contributed by atoms with Crippen LogP contribution in [0.3, 0.4) is 0 Å². The number of halogens is 2. The monoisotopic (exact) mass is 481 g/mol. The molecule has 1 unspecified atom stereocenters. The van der Waals surface area contributed by atoms with Crippen molar-refractivity contribution in [3.05, 3.63) is 77.1 Å². The zero-order valence-corrected chi connectivity index (χ0v) is 20.0. The van der Waals surface area contributed by atoms with Crippen molar-refractivity contribution >= 4 is 17.4 Å². The highest BCUT2D eigenvalue weighted by molar-refractivity contribution is 5.97. The van der Waals surface area contributed by atoms with Crippen molar-refractivity contribution in [3.63, 3.8) is 0 Å². The fourth-order valence-electron chi connectivity index (χ4n) is 4.67. The second-order valence-corrected chi connectivity index (χ2v) is 9.00. The maximum Gasteiger partial charge on any atom is 0.230 e. The minimum absolute atomic E-state index is 0.0387. The van der Waals surface area contributed by atoms with Crippen LogP contribution >= 0.6 is 0 Å². The Morgan fingerprint density at radius 3 is 2.46 bits per heavy atom. The summed E-state index contributed by atoms with van der Waals surface area (Å²) in [6.07, 6.45) is 5.81. The number of methoxy groups -OCH3 is 1. The molecular weight excluding hydrogens is 452 g/mol. The number of hydrogen-bond acceptors (Lipinski definition) is 4. The number of ether oxygens (including phenoxy) is 1. The number of anilines is 1. The Labute approximate surface area is 203 Å². The molecule has 0 saturated carbocycles. The van der Waals surface area contributed by atoms with E-state index < -0.39 is 17.6 Å². The SMILES string of the molecule is COc1ccc(N(C)C(=O)C(CC(=O)Cn2ncc3c2CCCC3)Cc2cc(F)cc(F)c2)cc1. The maximum absolute atomic E-state index is 13.8. The summed E-state index contributed by atoms with van der Waals surface area (Å²) in [5.74, 6) is -2.04. The summed E-state index contributed by atoms with van der Waals surface area (Å²) in [5, 5.41) is 4.39. The van der Waals surface area contributed by atoms with Gasteiger partial charge in [-0.3, -0.25) is 14.3 Å². The third kappa shape index (κ3) is 5.93. The van der Waals surface area contributed by atoms with E-state index in [2.05, 4.69) is 5.10 Å². The molecule has 8 heteroatoms. The summed E-state index contributed by atoms with van der Waals surface area (Å²) >= 11 is 0. The topological polar surface area (TPSA) is 64.4 Å². The molecule has 6 nitrogen and oxygen atoms in total. The lowest BCUT2D eigenvalue weighted by Crippen LogP contribution is -2.35. The molecule has 35 heavy (non-hydrogen) atoms. The second kappa shape index (κ2) is 10.8. The number of nitrogens with zero attached hydrogens (tertiary/aromatic N) is 3. The number of Topliss-reactive ketones (excluding diaryl/α,β-unsaturated/α-hetero) is 1. The average molecular weight is 482 g/mol. The van der Waals surface area contributed by atoms with E-state index in [1.54, 1.807) is 43.1 Å². The molecular formula is C27H29F2N3O3. The van der Waals surface area contributed by atoms with Crippen LogP contribution in [0.25, 0.3) is 0 Å². The Hall–Kier alpha value is -3.55. The predicted molar refractivity (Wildman–Crippen MR) is 128 cm³/mol. The van der Waals surface area contributed by atoms with Gasteiger partial charge in [-0.1, -0.05) is 0 Å². The molecule has 4 rings (SSSR count). The van der Waals surface area contributed by atoms with Crippen LogP contribution in [-0.4, -0.2) is 35.6 Å². The highest BCUT2D eigenvalue weighted by Crippen LogP contribution is 2.25. The number of carbonyl (C=O) groups is 2. The fraction of sp³-hybridized carbons (Fsp3) is 0.370. The van der Waals surface area contributed by atoms with E-state index in [4.69, 9.17) is 4.74 Å². The smallest absolute Gasteiger partial charge is 0.230 e. The van der Waals surface area contributed by atoms with E-state index in [1.807, 2.05) is 6.20 Å². The van der Waals surface area contributed by atoms with Crippen molar-refractivity contribution in [2.24, 2.45) is 5.92 Å². The van der Waals surface area contributed by atoms with E-state index >= 15 is 0 Å². The molecule has 3 aromatic rings. The molecule has 0 N–H and O–H groups in total. The van der Waals surface area contributed by atoms with Gasteiger partial charge in [-0.05, 0) is 79.6 Å². The van der Waals surface area contributed by atoms with Crippen molar-refractivity contribution in [1.82, 2.24) is 9.78 Å². The van der Waals surface area contributed by atoms with Crippen LogP contribution in [0.2, 0.25) is 0 Å². The highest BCUT2D eigenvalue weighted by Gasteiger charge is 2.27. The molecule has 1 aromatic heterocycles. The fourth-order valence-corrected chi connectivity index (χ4v) is 4.67. The number of rotatable bonds is 9. The van der Waals surface area contributed by atoms with Crippen LogP contribution in [0.15, 0.2) is 48.7 Å². The van der Waals surface area contributed by atoms with Gasteiger partial charge in [0.15, 0.2) is 5.78 Å². The van der Waals surface area contributed by atoms with Gasteiger partial charge in [0.05, 0.1) is 19.9 Å². The molecule has 0 bridgehead atoms. The molecule has 0 fully saturated rings. The first kappa shape index (κ1) is 24.6.